The summed E-state index contributed by atoms with van der Waals surface area (Å²) in [6, 6.07) is -0.334. The summed E-state index contributed by atoms with van der Waals surface area (Å²) >= 11 is 0. The molecule has 0 aliphatic rings. The fourth-order valence-electron chi connectivity index (χ4n) is 1.39. The smallest absolute Gasteiger partial charge is 0.260 e. The Morgan fingerprint density at radius 2 is 2.28 bits per heavy atom. The summed E-state index contributed by atoms with van der Waals surface area (Å²) in [5, 5.41) is 11.3. The molecule has 0 unspecified atom stereocenters. The number of sulfonamides is 1. The van der Waals surface area contributed by atoms with Crippen molar-refractivity contribution in [2.24, 2.45) is 10.9 Å². The Hall–Kier alpha value is -1.61. The van der Waals surface area contributed by atoms with Gasteiger partial charge in [-0.05, 0) is 20.8 Å². The van der Waals surface area contributed by atoms with Crippen LogP contribution in [0.2, 0.25) is 0 Å². The molecule has 18 heavy (non-hydrogen) atoms. The lowest BCUT2D eigenvalue weighted by molar-refractivity contribution is 0.312. The van der Waals surface area contributed by atoms with E-state index in [4.69, 9.17) is 10.9 Å². The first kappa shape index (κ1) is 14.5. The van der Waals surface area contributed by atoms with Crippen LogP contribution >= 0.6 is 0 Å². The van der Waals surface area contributed by atoms with Crippen molar-refractivity contribution in [1.29, 1.82) is 0 Å². The van der Waals surface area contributed by atoms with E-state index < -0.39 is 10.0 Å². The highest BCUT2D eigenvalue weighted by atomic mass is 32.2. The van der Waals surface area contributed by atoms with Gasteiger partial charge >= 0.3 is 0 Å². The molecule has 0 spiro atoms. The average Bonchev–Trinajstić information content (AvgIpc) is 2.72. The van der Waals surface area contributed by atoms with E-state index in [-0.39, 0.29) is 23.4 Å². The maximum Gasteiger partial charge on any atom is 0.260 e. The molecule has 9 heteroatoms. The minimum Gasteiger partial charge on any atom is -0.409 e. The number of aromatic amines is 1. The van der Waals surface area contributed by atoms with Gasteiger partial charge in [-0.1, -0.05) is 5.16 Å². The Morgan fingerprint density at radius 3 is 2.67 bits per heavy atom. The number of aromatic nitrogens is 2. The van der Waals surface area contributed by atoms with Gasteiger partial charge in [0.2, 0.25) is 0 Å². The molecule has 1 rings (SSSR count). The fourth-order valence-corrected chi connectivity index (χ4v) is 2.96. The number of hydrogen-bond acceptors (Lipinski definition) is 5. The fraction of sp³-hybridized carbons (Fsp3) is 0.556. The van der Waals surface area contributed by atoms with Crippen LogP contribution in [-0.2, 0) is 10.0 Å². The van der Waals surface area contributed by atoms with Crippen LogP contribution < -0.4 is 5.73 Å². The third-order valence-electron chi connectivity index (χ3n) is 2.29. The van der Waals surface area contributed by atoms with Crippen LogP contribution in [0.1, 0.15) is 19.7 Å². The number of H-pyrrole nitrogens is 1. The van der Waals surface area contributed by atoms with Gasteiger partial charge in [0.15, 0.2) is 10.9 Å². The van der Waals surface area contributed by atoms with E-state index in [1.165, 1.54) is 6.20 Å². The van der Waals surface area contributed by atoms with Gasteiger partial charge in [-0.25, -0.2) is 13.4 Å². The van der Waals surface area contributed by atoms with Crippen molar-refractivity contribution >= 4 is 15.9 Å². The maximum atomic E-state index is 12.3. The summed E-state index contributed by atoms with van der Waals surface area (Å²) in [4.78, 5) is 6.51. The van der Waals surface area contributed by atoms with Crippen LogP contribution in [0.5, 0.6) is 0 Å². The first-order valence-electron chi connectivity index (χ1n) is 5.29. The van der Waals surface area contributed by atoms with E-state index >= 15 is 0 Å². The molecule has 0 aliphatic carbocycles. The molecule has 4 N–H and O–H groups in total. The van der Waals surface area contributed by atoms with Crippen molar-refractivity contribution in [1.82, 2.24) is 14.3 Å². The van der Waals surface area contributed by atoms with Crippen LogP contribution in [0.4, 0.5) is 0 Å². The molecule has 102 valence electrons. The minimum atomic E-state index is -3.74. The van der Waals surface area contributed by atoms with E-state index in [0.29, 0.717) is 5.82 Å². The van der Waals surface area contributed by atoms with Gasteiger partial charge in [0.25, 0.3) is 10.0 Å². The van der Waals surface area contributed by atoms with E-state index in [1.54, 1.807) is 20.8 Å². The second-order valence-corrected chi connectivity index (χ2v) is 5.93. The Kier molecular flexibility index (Phi) is 4.30. The second-order valence-electron chi connectivity index (χ2n) is 4.07. The highest BCUT2D eigenvalue weighted by Crippen LogP contribution is 2.15. The number of aryl methyl sites for hydroxylation is 1. The highest BCUT2D eigenvalue weighted by molar-refractivity contribution is 7.89. The normalized spacial score (nSPS) is 13.5. The second kappa shape index (κ2) is 5.36. The van der Waals surface area contributed by atoms with Crippen LogP contribution in [0, 0.1) is 6.92 Å². The molecule has 0 amide bonds. The first-order chi connectivity index (χ1) is 8.28. The van der Waals surface area contributed by atoms with Crippen molar-refractivity contribution in [2.45, 2.75) is 31.8 Å². The number of imidazole rings is 1. The van der Waals surface area contributed by atoms with Gasteiger partial charge in [-0.2, -0.15) is 4.31 Å². The Labute approximate surface area is 106 Å². The zero-order valence-electron chi connectivity index (χ0n) is 10.5. The molecular weight excluding hydrogens is 258 g/mol. The van der Waals surface area contributed by atoms with Gasteiger partial charge in [0.1, 0.15) is 5.82 Å². The van der Waals surface area contributed by atoms with Gasteiger partial charge in [0, 0.05) is 6.04 Å². The number of nitrogens with two attached hydrogens (primary N) is 1. The third kappa shape index (κ3) is 2.99. The number of rotatable bonds is 5. The predicted octanol–water partition coefficient (Wildman–Crippen LogP) is -0.136. The summed E-state index contributed by atoms with van der Waals surface area (Å²) in [6.45, 7) is 4.87. The maximum absolute atomic E-state index is 12.3. The summed E-state index contributed by atoms with van der Waals surface area (Å²) in [5.74, 6) is 0.324. The summed E-state index contributed by atoms with van der Waals surface area (Å²) in [6.07, 6.45) is 1.24. The number of nitrogens with one attached hydrogen (secondary N) is 1. The number of amidine groups is 1. The van der Waals surface area contributed by atoms with Gasteiger partial charge < -0.3 is 15.9 Å². The van der Waals surface area contributed by atoms with Crippen LogP contribution in [0.3, 0.4) is 0 Å². The molecule has 8 nitrogen and oxygen atoms in total. The molecule has 1 heterocycles. The Balaban J connectivity index is 3.13. The predicted molar refractivity (Wildman–Crippen MR) is 65.8 cm³/mol. The van der Waals surface area contributed by atoms with Crippen molar-refractivity contribution in [2.75, 3.05) is 6.54 Å². The molecule has 0 atom stereocenters. The first-order valence-corrected chi connectivity index (χ1v) is 6.73. The molecule has 1 aromatic rings. The lowest BCUT2D eigenvalue weighted by Gasteiger charge is -2.24. The molecule has 0 saturated heterocycles. The van der Waals surface area contributed by atoms with Gasteiger partial charge in [-0.3, -0.25) is 0 Å². The van der Waals surface area contributed by atoms with E-state index in [0.717, 1.165) is 4.31 Å². The van der Waals surface area contributed by atoms with E-state index in [1.807, 2.05) is 0 Å². The molecule has 0 saturated carbocycles. The SMILES string of the molecule is Cc1ncc(S(=O)(=O)N(CC(N)=NO)C(C)C)[nH]1. The molecule has 0 bridgehead atoms. The van der Waals surface area contributed by atoms with Gasteiger partial charge in [0.05, 0.1) is 12.7 Å². The lowest BCUT2D eigenvalue weighted by Crippen LogP contribution is -2.42. The molecule has 0 aliphatic heterocycles. The van der Waals surface area contributed by atoms with Crippen molar-refractivity contribution in [3.05, 3.63) is 12.0 Å². The van der Waals surface area contributed by atoms with Crippen molar-refractivity contribution in [3.63, 3.8) is 0 Å². The standard InChI is InChI=1S/C9H17N5O3S/c1-6(2)14(5-8(10)13-15)18(16,17)9-4-11-7(3)12-9/h4,6,15H,5H2,1-3H3,(H2,10,13)(H,11,12). The van der Waals surface area contributed by atoms with Crippen LogP contribution in [-0.4, -0.2) is 46.3 Å². The molecule has 0 radical (unpaired) electrons. The molecular formula is C9H17N5O3S. The van der Waals surface area contributed by atoms with Crippen molar-refractivity contribution in [3.8, 4) is 0 Å². The van der Waals surface area contributed by atoms with E-state index in [2.05, 4.69) is 15.1 Å². The summed E-state index contributed by atoms with van der Waals surface area (Å²) in [7, 11) is -3.74. The molecule has 1 aromatic heterocycles. The number of oxime groups is 1. The van der Waals surface area contributed by atoms with Crippen LogP contribution in [0.15, 0.2) is 16.4 Å². The topological polar surface area (TPSA) is 125 Å². The quantitative estimate of drug-likeness (QED) is 0.298. The monoisotopic (exact) mass is 275 g/mol. The molecule has 0 fully saturated rings. The average molecular weight is 275 g/mol. The van der Waals surface area contributed by atoms with Gasteiger partial charge in [-0.15, -0.1) is 0 Å². The largest absolute Gasteiger partial charge is 0.409 e. The third-order valence-corrected chi connectivity index (χ3v) is 4.22. The zero-order chi connectivity index (χ0) is 13.9. The minimum absolute atomic E-state index is 0.0144. The molecule has 0 aromatic carbocycles. The van der Waals surface area contributed by atoms with Crippen molar-refractivity contribution < 1.29 is 13.6 Å². The number of nitrogens with zero attached hydrogens (tertiary/aromatic N) is 3. The Bertz CT molecular complexity index is 534. The Morgan fingerprint density at radius 1 is 1.67 bits per heavy atom. The number of hydrogen-bond donors (Lipinski definition) is 3. The highest BCUT2D eigenvalue weighted by Gasteiger charge is 2.29. The van der Waals surface area contributed by atoms with E-state index in [9.17, 15) is 8.42 Å². The summed E-state index contributed by atoms with van der Waals surface area (Å²) < 4.78 is 25.7. The van der Waals surface area contributed by atoms with Crippen LogP contribution in [0.25, 0.3) is 0 Å². The zero-order valence-corrected chi connectivity index (χ0v) is 11.3. The summed E-state index contributed by atoms with van der Waals surface area (Å²) in [5.41, 5.74) is 5.36. The lowest BCUT2D eigenvalue weighted by atomic mass is 10.4.